The van der Waals surface area contributed by atoms with Crippen LogP contribution in [0.2, 0.25) is 0 Å². The second-order valence-corrected chi connectivity index (χ2v) is 2.86. The summed E-state index contributed by atoms with van der Waals surface area (Å²) in [6, 6.07) is 0.308. The summed E-state index contributed by atoms with van der Waals surface area (Å²) in [5.41, 5.74) is 0. The molecule has 0 N–H and O–H groups in total. The first-order chi connectivity index (χ1) is 4.63. The smallest absolute Gasteiger partial charge is 0.312 e. The molecule has 1 radical (unpaired) electrons. The topological polar surface area (TPSA) is 20.3 Å². The molecule has 1 unspecified atom stereocenters. The van der Waals surface area contributed by atoms with E-state index in [9.17, 15) is 4.79 Å². The van der Waals surface area contributed by atoms with Gasteiger partial charge in [-0.05, 0) is 19.8 Å². The van der Waals surface area contributed by atoms with E-state index in [0.29, 0.717) is 12.0 Å². The highest BCUT2D eigenvalue weighted by molar-refractivity contribution is 5.48. The Labute approximate surface area is 63.2 Å². The number of nitrogens with zero attached hydrogens (tertiary/aromatic N) is 1. The third-order valence-corrected chi connectivity index (χ3v) is 1.91. The molecule has 0 aromatic rings. The largest absolute Gasteiger partial charge is 0.332 e. The SMILES string of the molecule is CCN([C]=O)C(C)C(C)C. The normalized spacial score (nSPS) is 13.3. The molecule has 2 heteroatoms. The molecule has 0 fully saturated rings. The molecule has 1 amide bonds. The standard InChI is InChI=1S/C8H16NO/c1-5-9(6-10)8(4)7(2)3/h7-8H,5H2,1-4H3. The van der Waals surface area contributed by atoms with Crippen LogP contribution in [0.5, 0.6) is 0 Å². The van der Waals surface area contributed by atoms with Gasteiger partial charge < -0.3 is 4.90 Å². The summed E-state index contributed by atoms with van der Waals surface area (Å²) in [6.07, 6.45) is 1.92. The van der Waals surface area contributed by atoms with Gasteiger partial charge in [0.1, 0.15) is 0 Å². The molecule has 1 atom stereocenters. The number of amides is 1. The van der Waals surface area contributed by atoms with E-state index in [1.54, 1.807) is 4.90 Å². The monoisotopic (exact) mass is 142 g/mol. The van der Waals surface area contributed by atoms with Crippen molar-refractivity contribution < 1.29 is 4.79 Å². The minimum absolute atomic E-state index is 0.308. The predicted molar refractivity (Wildman–Crippen MR) is 42.4 cm³/mol. The first-order valence-corrected chi connectivity index (χ1v) is 3.77. The lowest BCUT2D eigenvalue weighted by Gasteiger charge is -2.25. The van der Waals surface area contributed by atoms with Crippen LogP contribution in [0.25, 0.3) is 0 Å². The molecule has 10 heavy (non-hydrogen) atoms. The van der Waals surface area contributed by atoms with Crippen LogP contribution in [0.15, 0.2) is 0 Å². The zero-order valence-corrected chi connectivity index (χ0v) is 7.22. The summed E-state index contributed by atoms with van der Waals surface area (Å²) in [7, 11) is 0. The highest BCUT2D eigenvalue weighted by atomic mass is 16.1. The summed E-state index contributed by atoms with van der Waals surface area (Å²) in [5.74, 6) is 0.515. The van der Waals surface area contributed by atoms with Crippen molar-refractivity contribution in [2.75, 3.05) is 6.54 Å². The van der Waals surface area contributed by atoms with Crippen LogP contribution in [0.1, 0.15) is 27.7 Å². The minimum atomic E-state index is 0.308. The fraction of sp³-hybridized carbons (Fsp3) is 0.875. The molecule has 0 bridgehead atoms. The van der Waals surface area contributed by atoms with Gasteiger partial charge in [0.25, 0.3) is 0 Å². The van der Waals surface area contributed by atoms with E-state index < -0.39 is 0 Å². The van der Waals surface area contributed by atoms with Crippen molar-refractivity contribution in [1.29, 1.82) is 0 Å². The minimum Gasteiger partial charge on any atom is -0.332 e. The van der Waals surface area contributed by atoms with Gasteiger partial charge in [0.15, 0.2) is 0 Å². The van der Waals surface area contributed by atoms with Gasteiger partial charge in [0.05, 0.1) is 0 Å². The van der Waals surface area contributed by atoms with E-state index in [1.165, 1.54) is 0 Å². The van der Waals surface area contributed by atoms with Crippen molar-refractivity contribution >= 4 is 6.41 Å². The lowest BCUT2D eigenvalue weighted by Crippen LogP contribution is -2.35. The van der Waals surface area contributed by atoms with Gasteiger partial charge in [-0.2, -0.15) is 0 Å². The summed E-state index contributed by atoms with van der Waals surface area (Å²) in [6.45, 7) is 8.96. The lowest BCUT2D eigenvalue weighted by molar-refractivity contribution is 0.264. The average molecular weight is 142 g/mol. The van der Waals surface area contributed by atoms with E-state index >= 15 is 0 Å². The molecule has 0 aliphatic rings. The molecule has 0 heterocycles. The molecule has 0 rings (SSSR count). The van der Waals surface area contributed by atoms with Crippen molar-refractivity contribution in [1.82, 2.24) is 4.90 Å². The molecular weight excluding hydrogens is 126 g/mol. The Morgan fingerprint density at radius 2 is 1.90 bits per heavy atom. The Morgan fingerprint density at radius 1 is 1.40 bits per heavy atom. The maximum absolute atomic E-state index is 10.3. The van der Waals surface area contributed by atoms with E-state index in [4.69, 9.17) is 0 Å². The van der Waals surface area contributed by atoms with Crippen LogP contribution in [-0.2, 0) is 4.79 Å². The van der Waals surface area contributed by atoms with Crippen molar-refractivity contribution in [3.05, 3.63) is 0 Å². The third kappa shape index (κ3) is 2.38. The Morgan fingerprint density at radius 3 is 2.00 bits per heavy atom. The van der Waals surface area contributed by atoms with Gasteiger partial charge >= 0.3 is 6.41 Å². The third-order valence-electron chi connectivity index (χ3n) is 1.91. The summed E-state index contributed by atoms with van der Waals surface area (Å²) in [4.78, 5) is 12.0. The number of hydrogen-bond acceptors (Lipinski definition) is 1. The second-order valence-electron chi connectivity index (χ2n) is 2.86. The molecule has 0 spiro atoms. The molecule has 0 aliphatic heterocycles. The van der Waals surface area contributed by atoms with E-state index in [2.05, 4.69) is 13.8 Å². The van der Waals surface area contributed by atoms with Crippen molar-refractivity contribution in [2.45, 2.75) is 33.7 Å². The first-order valence-electron chi connectivity index (χ1n) is 3.77. The van der Waals surface area contributed by atoms with Gasteiger partial charge in [-0.25, -0.2) is 0 Å². The van der Waals surface area contributed by atoms with Crippen LogP contribution in [0, 0.1) is 5.92 Å². The predicted octanol–water partition coefficient (Wildman–Crippen LogP) is 1.42. The summed E-state index contributed by atoms with van der Waals surface area (Å²) < 4.78 is 0. The maximum Gasteiger partial charge on any atom is 0.312 e. The quantitative estimate of drug-likeness (QED) is 0.544. The van der Waals surface area contributed by atoms with Crippen LogP contribution in [0.4, 0.5) is 0 Å². The zero-order valence-electron chi connectivity index (χ0n) is 7.22. The zero-order chi connectivity index (χ0) is 8.15. The number of rotatable bonds is 4. The molecule has 2 nitrogen and oxygen atoms in total. The molecule has 59 valence electrons. The van der Waals surface area contributed by atoms with Crippen LogP contribution < -0.4 is 0 Å². The average Bonchev–Trinajstić information content (AvgIpc) is 1.90. The van der Waals surface area contributed by atoms with Crippen LogP contribution in [0.3, 0.4) is 0 Å². The fourth-order valence-electron chi connectivity index (χ4n) is 0.796. The van der Waals surface area contributed by atoms with Gasteiger partial charge in [-0.15, -0.1) is 0 Å². The Bertz CT molecular complexity index is 101. The van der Waals surface area contributed by atoms with Gasteiger partial charge in [0, 0.05) is 12.6 Å². The highest BCUT2D eigenvalue weighted by Gasteiger charge is 2.13. The Balaban J connectivity index is 3.87. The van der Waals surface area contributed by atoms with E-state index in [1.807, 2.05) is 20.3 Å². The van der Waals surface area contributed by atoms with Gasteiger partial charge in [-0.1, -0.05) is 13.8 Å². The number of hydrogen-bond donors (Lipinski definition) is 0. The van der Waals surface area contributed by atoms with Crippen LogP contribution in [-0.4, -0.2) is 23.9 Å². The number of carbonyl (C=O) groups excluding carboxylic acids is 1. The van der Waals surface area contributed by atoms with Gasteiger partial charge in [-0.3, -0.25) is 4.79 Å². The van der Waals surface area contributed by atoms with Crippen molar-refractivity contribution in [3.63, 3.8) is 0 Å². The summed E-state index contributed by atoms with van der Waals surface area (Å²) >= 11 is 0. The van der Waals surface area contributed by atoms with E-state index in [0.717, 1.165) is 6.54 Å². The second kappa shape index (κ2) is 4.31. The molecule has 0 aromatic heterocycles. The van der Waals surface area contributed by atoms with Crippen molar-refractivity contribution in [2.24, 2.45) is 5.92 Å². The highest BCUT2D eigenvalue weighted by Crippen LogP contribution is 2.06. The molecular formula is C8H16NO. The van der Waals surface area contributed by atoms with E-state index in [-0.39, 0.29) is 0 Å². The Hall–Kier alpha value is -0.530. The maximum atomic E-state index is 10.3. The van der Waals surface area contributed by atoms with Crippen molar-refractivity contribution in [3.8, 4) is 0 Å². The molecule has 0 aromatic carbocycles. The Kier molecular flexibility index (Phi) is 4.08. The molecule has 0 saturated heterocycles. The molecule has 0 saturated carbocycles. The lowest BCUT2D eigenvalue weighted by atomic mass is 10.1. The first kappa shape index (κ1) is 9.47. The van der Waals surface area contributed by atoms with Gasteiger partial charge in [0.2, 0.25) is 0 Å². The fourth-order valence-corrected chi connectivity index (χ4v) is 0.796. The molecule has 0 aliphatic carbocycles. The van der Waals surface area contributed by atoms with Crippen LogP contribution >= 0.6 is 0 Å². The summed E-state index contributed by atoms with van der Waals surface area (Å²) in [5, 5.41) is 0.